The van der Waals surface area contributed by atoms with Gasteiger partial charge in [0.05, 0.1) is 7.11 Å². The van der Waals surface area contributed by atoms with Crippen molar-refractivity contribution >= 4 is 11.7 Å². The monoisotopic (exact) mass is 436 g/mol. The zero-order valence-corrected chi connectivity index (χ0v) is 19.3. The number of aryl methyl sites for hydroxylation is 1. The molecular formula is C26H36N4O2. The molecule has 3 heterocycles. The lowest BCUT2D eigenvalue weighted by molar-refractivity contribution is -0.133. The van der Waals surface area contributed by atoms with Gasteiger partial charge in [0.1, 0.15) is 11.6 Å². The van der Waals surface area contributed by atoms with Gasteiger partial charge in [-0.3, -0.25) is 9.69 Å². The number of piperidine rings is 1. The lowest BCUT2D eigenvalue weighted by atomic mass is 9.96. The molecule has 2 aromatic rings. The standard InChI is InChI=1S/C26H36N4O2/c1-32-24-12-10-22(11-13-24)6-4-9-26(31)30-15-5-7-23(21-30)20-28-16-18-29(19-17-28)25-8-2-3-14-27-25/h2-3,8,10-14,23H,4-7,9,15-21H2,1H3. The zero-order chi connectivity index (χ0) is 22.2. The number of methoxy groups -OCH3 is 1. The number of hydrogen-bond acceptors (Lipinski definition) is 5. The summed E-state index contributed by atoms with van der Waals surface area (Å²) in [7, 11) is 1.68. The Morgan fingerprint density at radius 1 is 1.06 bits per heavy atom. The molecule has 6 nitrogen and oxygen atoms in total. The number of carbonyl (C=O) groups is 1. The fraction of sp³-hybridized carbons (Fsp3) is 0.538. The summed E-state index contributed by atoms with van der Waals surface area (Å²) in [5.74, 6) is 2.87. The van der Waals surface area contributed by atoms with E-state index in [0.717, 1.165) is 76.6 Å². The van der Waals surface area contributed by atoms with Crippen LogP contribution in [-0.4, -0.2) is 73.6 Å². The van der Waals surface area contributed by atoms with E-state index in [0.29, 0.717) is 18.2 Å². The number of piperazine rings is 1. The Bertz CT molecular complexity index is 835. The van der Waals surface area contributed by atoms with Crippen molar-refractivity contribution in [3.8, 4) is 5.75 Å². The van der Waals surface area contributed by atoms with Gasteiger partial charge < -0.3 is 14.5 Å². The number of hydrogen-bond donors (Lipinski definition) is 0. The van der Waals surface area contributed by atoms with Gasteiger partial charge in [-0.15, -0.1) is 0 Å². The highest BCUT2D eigenvalue weighted by Gasteiger charge is 2.26. The molecule has 172 valence electrons. The average Bonchev–Trinajstić information content (AvgIpc) is 2.85. The molecule has 1 atom stereocenters. The van der Waals surface area contributed by atoms with Crippen LogP contribution in [0.4, 0.5) is 5.82 Å². The van der Waals surface area contributed by atoms with E-state index in [9.17, 15) is 4.79 Å². The van der Waals surface area contributed by atoms with E-state index in [-0.39, 0.29) is 0 Å². The number of rotatable bonds is 8. The SMILES string of the molecule is COc1ccc(CCCC(=O)N2CCCC(CN3CCN(c4ccccn4)CC3)C2)cc1. The van der Waals surface area contributed by atoms with Gasteiger partial charge in [0.2, 0.25) is 5.91 Å². The Hall–Kier alpha value is -2.60. The zero-order valence-electron chi connectivity index (χ0n) is 19.3. The molecule has 2 aliphatic heterocycles. The second-order valence-corrected chi connectivity index (χ2v) is 9.03. The van der Waals surface area contributed by atoms with Gasteiger partial charge in [0.15, 0.2) is 0 Å². The molecule has 1 aromatic heterocycles. The molecular weight excluding hydrogens is 400 g/mol. The highest BCUT2D eigenvalue weighted by atomic mass is 16.5. The third-order valence-corrected chi connectivity index (χ3v) is 6.75. The molecule has 0 bridgehead atoms. The summed E-state index contributed by atoms with van der Waals surface area (Å²) < 4.78 is 5.21. The summed E-state index contributed by atoms with van der Waals surface area (Å²) >= 11 is 0. The maximum atomic E-state index is 12.8. The number of aromatic nitrogens is 1. The molecule has 2 saturated heterocycles. The number of ether oxygens (including phenoxy) is 1. The smallest absolute Gasteiger partial charge is 0.222 e. The number of carbonyl (C=O) groups excluding carboxylic acids is 1. The minimum atomic E-state index is 0.322. The van der Waals surface area contributed by atoms with Gasteiger partial charge >= 0.3 is 0 Å². The van der Waals surface area contributed by atoms with Crippen molar-refractivity contribution in [1.29, 1.82) is 0 Å². The lowest BCUT2D eigenvalue weighted by Crippen LogP contribution is -2.50. The van der Waals surface area contributed by atoms with E-state index >= 15 is 0 Å². The molecule has 32 heavy (non-hydrogen) atoms. The number of likely N-dealkylation sites (tertiary alicyclic amines) is 1. The minimum absolute atomic E-state index is 0.322. The summed E-state index contributed by atoms with van der Waals surface area (Å²) in [5.41, 5.74) is 1.26. The van der Waals surface area contributed by atoms with Crippen LogP contribution in [0.25, 0.3) is 0 Å². The molecule has 1 amide bonds. The highest BCUT2D eigenvalue weighted by Crippen LogP contribution is 2.21. The number of pyridine rings is 1. The van der Waals surface area contributed by atoms with Crippen LogP contribution in [0.15, 0.2) is 48.7 Å². The quantitative estimate of drug-likeness (QED) is 0.634. The Morgan fingerprint density at radius 3 is 2.59 bits per heavy atom. The molecule has 2 fully saturated rings. The fourth-order valence-corrected chi connectivity index (χ4v) is 4.90. The van der Waals surface area contributed by atoms with Crippen LogP contribution in [-0.2, 0) is 11.2 Å². The van der Waals surface area contributed by atoms with Gasteiger partial charge in [-0.2, -0.15) is 0 Å². The first-order valence-corrected chi connectivity index (χ1v) is 12.0. The predicted octanol–water partition coefficient (Wildman–Crippen LogP) is 3.47. The minimum Gasteiger partial charge on any atom is -0.497 e. The Labute approximate surface area is 192 Å². The van der Waals surface area contributed by atoms with Crippen LogP contribution in [0.3, 0.4) is 0 Å². The van der Waals surface area contributed by atoms with Crippen molar-refractivity contribution < 1.29 is 9.53 Å². The molecule has 6 heteroatoms. The number of amides is 1. The van der Waals surface area contributed by atoms with Crippen LogP contribution in [0.1, 0.15) is 31.2 Å². The number of nitrogens with zero attached hydrogens (tertiary/aromatic N) is 4. The Morgan fingerprint density at radius 2 is 1.88 bits per heavy atom. The van der Waals surface area contributed by atoms with Crippen molar-refractivity contribution in [2.24, 2.45) is 5.92 Å². The Kier molecular flexibility index (Phi) is 7.99. The summed E-state index contributed by atoms with van der Waals surface area (Å²) in [6.07, 6.45) is 6.71. The van der Waals surface area contributed by atoms with Crippen molar-refractivity contribution in [3.63, 3.8) is 0 Å². The van der Waals surface area contributed by atoms with Crippen molar-refractivity contribution in [1.82, 2.24) is 14.8 Å². The van der Waals surface area contributed by atoms with Crippen molar-refractivity contribution in [2.75, 3.05) is 57.8 Å². The average molecular weight is 437 g/mol. The van der Waals surface area contributed by atoms with Crippen molar-refractivity contribution in [3.05, 3.63) is 54.2 Å². The maximum Gasteiger partial charge on any atom is 0.222 e. The second kappa shape index (κ2) is 11.3. The van der Waals surface area contributed by atoms with Gasteiger partial charge in [0, 0.05) is 58.4 Å². The highest BCUT2D eigenvalue weighted by molar-refractivity contribution is 5.76. The first-order chi connectivity index (χ1) is 15.7. The first-order valence-electron chi connectivity index (χ1n) is 12.0. The van der Waals surface area contributed by atoms with E-state index in [1.165, 1.54) is 12.0 Å². The van der Waals surface area contributed by atoms with Gasteiger partial charge in [-0.25, -0.2) is 4.98 Å². The largest absolute Gasteiger partial charge is 0.497 e. The fourth-order valence-electron chi connectivity index (χ4n) is 4.90. The molecule has 2 aliphatic rings. The number of benzene rings is 1. The predicted molar refractivity (Wildman–Crippen MR) is 128 cm³/mol. The topological polar surface area (TPSA) is 48.9 Å². The molecule has 0 aliphatic carbocycles. The molecule has 0 spiro atoms. The van der Waals surface area contributed by atoms with Gasteiger partial charge in [-0.1, -0.05) is 18.2 Å². The van der Waals surface area contributed by atoms with Crippen molar-refractivity contribution in [2.45, 2.75) is 32.1 Å². The van der Waals surface area contributed by atoms with E-state index in [1.54, 1.807) is 7.11 Å². The second-order valence-electron chi connectivity index (χ2n) is 9.03. The van der Waals surface area contributed by atoms with Crippen LogP contribution in [0.2, 0.25) is 0 Å². The summed E-state index contributed by atoms with van der Waals surface area (Å²) in [5, 5.41) is 0. The molecule has 1 aromatic carbocycles. The molecule has 4 rings (SSSR count). The molecule has 0 saturated carbocycles. The van der Waals surface area contributed by atoms with E-state index in [1.807, 2.05) is 24.4 Å². The summed E-state index contributed by atoms with van der Waals surface area (Å²) in [6.45, 7) is 7.14. The normalized spacial score (nSPS) is 19.7. The Balaban J connectivity index is 1.17. The lowest BCUT2D eigenvalue weighted by Gasteiger charge is -2.39. The third-order valence-electron chi connectivity index (χ3n) is 6.75. The number of anilines is 1. The first kappa shape index (κ1) is 22.6. The summed E-state index contributed by atoms with van der Waals surface area (Å²) in [4.78, 5) is 24.3. The van der Waals surface area contributed by atoms with E-state index in [2.05, 4.69) is 43.9 Å². The van der Waals surface area contributed by atoms with Crippen LogP contribution >= 0.6 is 0 Å². The maximum absolute atomic E-state index is 12.8. The third kappa shape index (κ3) is 6.22. The van der Waals surface area contributed by atoms with Crippen LogP contribution in [0.5, 0.6) is 5.75 Å². The van der Waals surface area contributed by atoms with Crippen LogP contribution < -0.4 is 9.64 Å². The molecule has 1 unspecified atom stereocenters. The van der Waals surface area contributed by atoms with Gasteiger partial charge in [0.25, 0.3) is 0 Å². The van der Waals surface area contributed by atoms with E-state index in [4.69, 9.17) is 4.74 Å². The summed E-state index contributed by atoms with van der Waals surface area (Å²) in [6, 6.07) is 14.3. The molecule has 0 N–H and O–H groups in total. The van der Waals surface area contributed by atoms with Gasteiger partial charge in [-0.05, 0) is 61.4 Å². The van der Waals surface area contributed by atoms with E-state index < -0.39 is 0 Å². The molecule has 0 radical (unpaired) electrons. The van der Waals surface area contributed by atoms with Crippen LogP contribution in [0, 0.1) is 5.92 Å².